The standard InChI is InChI=1S/C15H18N2O3/c1-10(8-9-18)16-15(19)13-11(2)20-17-14(13)12-6-4-3-5-7-12/h3-7,10,18H,8-9H2,1-2H3,(H,16,19). The van der Waals surface area contributed by atoms with E-state index in [1.165, 1.54) is 0 Å². The van der Waals surface area contributed by atoms with Gasteiger partial charge in [-0.25, -0.2) is 0 Å². The number of nitrogens with zero attached hydrogens (tertiary/aromatic N) is 1. The van der Waals surface area contributed by atoms with E-state index in [9.17, 15) is 4.79 Å². The third-order valence-electron chi connectivity index (χ3n) is 3.08. The molecule has 1 unspecified atom stereocenters. The van der Waals surface area contributed by atoms with Crippen LogP contribution in [0.5, 0.6) is 0 Å². The van der Waals surface area contributed by atoms with Crippen molar-refractivity contribution >= 4 is 5.91 Å². The number of aryl methyl sites for hydroxylation is 1. The molecule has 1 amide bonds. The van der Waals surface area contributed by atoms with Gasteiger partial charge in [-0.2, -0.15) is 0 Å². The molecule has 1 heterocycles. The van der Waals surface area contributed by atoms with E-state index in [1.807, 2.05) is 37.3 Å². The van der Waals surface area contributed by atoms with Gasteiger partial charge in [-0.15, -0.1) is 0 Å². The molecular formula is C15H18N2O3. The van der Waals surface area contributed by atoms with E-state index in [-0.39, 0.29) is 18.6 Å². The number of carbonyl (C=O) groups is 1. The summed E-state index contributed by atoms with van der Waals surface area (Å²) in [7, 11) is 0. The summed E-state index contributed by atoms with van der Waals surface area (Å²) in [5.41, 5.74) is 1.82. The predicted octanol–water partition coefficient (Wildman–Crippen LogP) is 2.15. The van der Waals surface area contributed by atoms with Crippen molar-refractivity contribution in [2.24, 2.45) is 0 Å². The second-order valence-electron chi connectivity index (χ2n) is 4.72. The summed E-state index contributed by atoms with van der Waals surface area (Å²) in [6.45, 7) is 3.60. The van der Waals surface area contributed by atoms with E-state index in [1.54, 1.807) is 6.92 Å². The van der Waals surface area contributed by atoms with Crippen LogP contribution in [0.1, 0.15) is 29.5 Å². The largest absolute Gasteiger partial charge is 0.396 e. The van der Waals surface area contributed by atoms with E-state index in [0.717, 1.165) is 5.56 Å². The van der Waals surface area contributed by atoms with Crippen LogP contribution in [0, 0.1) is 6.92 Å². The molecule has 1 aromatic carbocycles. The Balaban J connectivity index is 2.28. The zero-order valence-corrected chi connectivity index (χ0v) is 11.6. The smallest absolute Gasteiger partial charge is 0.257 e. The van der Waals surface area contributed by atoms with Crippen LogP contribution in [0.15, 0.2) is 34.9 Å². The quantitative estimate of drug-likeness (QED) is 0.876. The van der Waals surface area contributed by atoms with Crippen molar-refractivity contribution in [3.63, 3.8) is 0 Å². The lowest BCUT2D eigenvalue weighted by Gasteiger charge is -2.12. The zero-order valence-electron chi connectivity index (χ0n) is 11.6. The second kappa shape index (κ2) is 6.34. The third kappa shape index (κ3) is 3.05. The van der Waals surface area contributed by atoms with Gasteiger partial charge in [0.25, 0.3) is 5.91 Å². The van der Waals surface area contributed by atoms with Crippen LogP contribution >= 0.6 is 0 Å². The number of aliphatic hydroxyl groups is 1. The van der Waals surface area contributed by atoms with Gasteiger partial charge in [-0.05, 0) is 20.3 Å². The normalized spacial score (nSPS) is 12.2. The Bertz CT molecular complexity index is 578. The highest BCUT2D eigenvalue weighted by Crippen LogP contribution is 2.24. The van der Waals surface area contributed by atoms with E-state index < -0.39 is 0 Å². The summed E-state index contributed by atoms with van der Waals surface area (Å²) in [5, 5.41) is 15.7. The first-order chi connectivity index (χ1) is 9.63. The monoisotopic (exact) mass is 274 g/mol. The number of benzene rings is 1. The molecule has 0 fully saturated rings. The van der Waals surface area contributed by atoms with Gasteiger partial charge < -0.3 is 14.9 Å². The van der Waals surface area contributed by atoms with Crippen LogP contribution in [0.25, 0.3) is 11.3 Å². The van der Waals surface area contributed by atoms with E-state index in [0.29, 0.717) is 23.4 Å². The van der Waals surface area contributed by atoms with Crippen molar-refractivity contribution in [1.82, 2.24) is 10.5 Å². The number of hydrogen-bond acceptors (Lipinski definition) is 4. The summed E-state index contributed by atoms with van der Waals surface area (Å²) in [5.74, 6) is 0.251. The zero-order chi connectivity index (χ0) is 14.5. The molecule has 2 N–H and O–H groups in total. The average molecular weight is 274 g/mol. The maximum atomic E-state index is 12.3. The second-order valence-corrected chi connectivity index (χ2v) is 4.72. The van der Waals surface area contributed by atoms with E-state index in [4.69, 9.17) is 9.63 Å². The van der Waals surface area contributed by atoms with Gasteiger partial charge >= 0.3 is 0 Å². The summed E-state index contributed by atoms with van der Waals surface area (Å²) < 4.78 is 5.15. The molecule has 0 saturated heterocycles. The SMILES string of the molecule is Cc1onc(-c2ccccc2)c1C(=O)NC(C)CCO. The van der Waals surface area contributed by atoms with Crippen molar-refractivity contribution in [3.05, 3.63) is 41.7 Å². The topological polar surface area (TPSA) is 75.4 Å². The number of carbonyl (C=O) groups excluding carboxylic acids is 1. The Hall–Kier alpha value is -2.14. The maximum Gasteiger partial charge on any atom is 0.257 e. The molecule has 20 heavy (non-hydrogen) atoms. The molecule has 5 heteroatoms. The third-order valence-corrected chi connectivity index (χ3v) is 3.08. The summed E-state index contributed by atoms with van der Waals surface area (Å²) >= 11 is 0. The van der Waals surface area contributed by atoms with E-state index >= 15 is 0 Å². The summed E-state index contributed by atoms with van der Waals surface area (Å²) in [6.07, 6.45) is 0.511. The van der Waals surface area contributed by atoms with Crippen molar-refractivity contribution in [3.8, 4) is 11.3 Å². The van der Waals surface area contributed by atoms with Crippen molar-refractivity contribution < 1.29 is 14.4 Å². The van der Waals surface area contributed by atoms with Gasteiger partial charge in [0.15, 0.2) is 0 Å². The molecular weight excluding hydrogens is 256 g/mol. The van der Waals surface area contributed by atoms with Gasteiger partial charge in [0.05, 0.1) is 0 Å². The number of aliphatic hydroxyl groups excluding tert-OH is 1. The van der Waals surface area contributed by atoms with Crippen LogP contribution < -0.4 is 5.32 Å². The minimum Gasteiger partial charge on any atom is -0.396 e. The number of aromatic nitrogens is 1. The highest BCUT2D eigenvalue weighted by molar-refractivity contribution is 6.00. The number of hydrogen-bond donors (Lipinski definition) is 2. The molecule has 0 aliphatic rings. The van der Waals surface area contributed by atoms with Crippen LogP contribution in [0.3, 0.4) is 0 Å². The summed E-state index contributed by atoms with van der Waals surface area (Å²) in [4.78, 5) is 12.3. The molecule has 2 rings (SSSR count). The molecule has 0 aliphatic heterocycles. The Labute approximate surface area is 117 Å². The predicted molar refractivity (Wildman–Crippen MR) is 75.3 cm³/mol. The fraction of sp³-hybridized carbons (Fsp3) is 0.333. The lowest BCUT2D eigenvalue weighted by atomic mass is 10.1. The number of rotatable bonds is 5. The lowest BCUT2D eigenvalue weighted by Crippen LogP contribution is -2.33. The fourth-order valence-corrected chi connectivity index (χ4v) is 1.99. The van der Waals surface area contributed by atoms with Crippen molar-refractivity contribution in [2.75, 3.05) is 6.61 Å². The Morgan fingerprint density at radius 3 is 2.75 bits per heavy atom. The van der Waals surface area contributed by atoms with Crippen LogP contribution in [-0.4, -0.2) is 28.8 Å². The van der Waals surface area contributed by atoms with Gasteiger partial charge in [0.2, 0.25) is 0 Å². The molecule has 0 spiro atoms. The van der Waals surface area contributed by atoms with Gasteiger partial charge in [-0.1, -0.05) is 35.5 Å². The highest BCUT2D eigenvalue weighted by Gasteiger charge is 2.22. The molecule has 0 aliphatic carbocycles. The maximum absolute atomic E-state index is 12.3. The average Bonchev–Trinajstić information content (AvgIpc) is 2.82. The van der Waals surface area contributed by atoms with Crippen LogP contribution in [0.2, 0.25) is 0 Å². The molecule has 1 aromatic heterocycles. The number of nitrogens with one attached hydrogen (secondary N) is 1. The molecule has 106 valence electrons. The highest BCUT2D eigenvalue weighted by atomic mass is 16.5. The molecule has 0 saturated carbocycles. The van der Waals surface area contributed by atoms with Crippen LogP contribution in [-0.2, 0) is 0 Å². The van der Waals surface area contributed by atoms with Crippen LogP contribution in [0.4, 0.5) is 0 Å². The molecule has 0 radical (unpaired) electrons. The lowest BCUT2D eigenvalue weighted by molar-refractivity contribution is 0.0933. The first kappa shape index (κ1) is 14.3. The molecule has 1 atom stereocenters. The first-order valence-corrected chi connectivity index (χ1v) is 6.57. The molecule has 2 aromatic rings. The van der Waals surface area contributed by atoms with Crippen molar-refractivity contribution in [2.45, 2.75) is 26.3 Å². The van der Waals surface area contributed by atoms with E-state index in [2.05, 4.69) is 10.5 Å². The minimum atomic E-state index is -0.233. The molecule has 5 nitrogen and oxygen atoms in total. The fourth-order valence-electron chi connectivity index (χ4n) is 1.99. The Morgan fingerprint density at radius 2 is 2.10 bits per heavy atom. The van der Waals surface area contributed by atoms with Gasteiger partial charge in [0, 0.05) is 18.2 Å². The van der Waals surface area contributed by atoms with Gasteiger partial charge in [-0.3, -0.25) is 4.79 Å². The Kier molecular flexibility index (Phi) is 4.53. The van der Waals surface area contributed by atoms with Gasteiger partial charge in [0.1, 0.15) is 17.0 Å². The minimum absolute atomic E-state index is 0.0373. The van der Waals surface area contributed by atoms with Crippen molar-refractivity contribution in [1.29, 1.82) is 0 Å². The Morgan fingerprint density at radius 1 is 1.40 bits per heavy atom. The number of amides is 1. The summed E-state index contributed by atoms with van der Waals surface area (Å²) in [6, 6.07) is 9.33. The first-order valence-electron chi connectivity index (χ1n) is 6.57. The molecule has 0 bridgehead atoms.